The Labute approximate surface area is 190 Å². The second-order valence-electron chi connectivity index (χ2n) is 9.59. The number of unbranched alkanes of at least 4 members (excludes halogenated alkanes) is 16. The maximum absolute atomic E-state index is 11.9. The minimum Gasteiger partial charge on any atom is -0.352 e. The molecule has 178 valence electrons. The second-order valence-corrected chi connectivity index (χ2v) is 9.59. The number of hydrogen-bond donors (Lipinski definition) is 1. The van der Waals surface area contributed by atoms with Crippen molar-refractivity contribution in [1.29, 1.82) is 0 Å². The van der Waals surface area contributed by atoms with Gasteiger partial charge in [0.1, 0.15) is 0 Å². The fourth-order valence-corrected chi connectivity index (χ4v) is 4.22. The largest absolute Gasteiger partial charge is 0.352 e. The lowest BCUT2D eigenvalue weighted by Gasteiger charge is -2.18. The Morgan fingerprint density at radius 1 is 0.633 bits per heavy atom. The van der Waals surface area contributed by atoms with Gasteiger partial charge in [-0.25, -0.2) is 0 Å². The fraction of sp³-hybridized carbons (Fsp3) is 0.893. The molecule has 0 spiro atoms. The molecule has 0 aliphatic rings. The summed E-state index contributed by atoms with van der Waals surface area (Å²) in [6.07, 6.45) is 27.4. The van der Waals surface area contributed by atoms with E-state index in [4.69, 9.17) is 0 Å². The molecular weight excluding hydrogens is 366 g/mol. The molecule has 0 fully saturated rings. The lowest BCUT2D eigenvalue weighted by molar-refractivity contribution is -0.117. The third kappa shape index (κ3) is 20.5. The van der Waals surface area contributed by atoms with Crippen molar-refractivity contribution in [1.82, 2.24) is 5.32 Å². The van der Waals surface area contributed by atoms with Crippen molar-refractivity contribution in [3.05, 3.63) is 12.2 Å². The minimum atomic E-state index is 0.0268. The third-order valence-corrected chi connectivity index (χ3v) is 6.37. The summed E-state index contributed by atoms with van der Waals surface area (Å²) in [5.74, 6) is 0.668. The highest BCUT2D eigenvalue weighted by molar-refractivity contribution is 5.92. The molecule has 2 heteroatoms. The molecule has 0 aliphatic heterocycles. The van der Waals surface area contributed by atoms with Gasteiger partial charge in [-0.2, -0.15) is 0 Å². The Hall–Kier alpha value is -0.790. The molecule has 0 rings (SSSR count). The number of nitrogens with one attached hydrogen (secondary N) is 1. The van der Waals surface area contributed by atoms with Gasteiger partial charge in [0.15, 0.2) is 0 Å². The van der Waals surface area contributed by atoms with Crippen molar-refractivity contribution >= 4 is 5.91 Å². The molecule has 1 unspecified atom stereocenters. The summed E-state index contributed by atoms with van der Waals surface area (Å²) in [6, 6.07) is 0. The van der Waals surface area contributed by atoms with Crippen LogP contribution < -0.4 is 5.32 Å². The van der Waals surface area contributed by atoms with E-state index in [0.717, 1.165) is 6.54 Å². The maximum atomic E-state index is 11.9. The molecule has 1 amide bonds. The van der Waals surface area contributed by atoms with Crippen LogP contribution in [0.25, 0.3) is 0 Å². The van der Waals surface area contributed by atoms with E-state index >= 15 is 0 Å². The molecule has 0 heterocycles. The zero-order valence-electron chi connectivity index (χ0n) is 21.0. The highest BCUT2D eigenvalue weighted by Gasteiger charge is 2.11. The first-order valence-electron chi connectivity index (χ1n) is 13.6. The first kappa shape index (κ1) is 29.2. The first-order valence-corrected chi connectivity index (χ1v) is 13.6. The summed E-state index contributed by atoms with van der Waals surface area (Å²) in [4.78, 5) is 11.9. The molecule has 0 radical (unpaired) electrons. The average molecular weight is 422 g/mol. The lowest BCUT2D eigenvalue weighted by atomic mass is 9.93. The normalized spacial score (nSPS) is 12.1. The fourth-order valence-electron chi connectivity index (χ4n) is 4.22. The highest BCUT2D eigenvalue weighted by Crippen LogP contribution is 2.19. The van der Waals surface area contributed by atoms with E-state index in [2.05, 4.69) is 25.7 Å². The van der Waals surface area contributed by atoms with Gasteiger partial charge in [0.25, 0.3) is 0 Å². The molecule has 30 heavy (non-hydrogen) atoms. The summed E-state index contributed by atoms with van der Waals surface area (Å²) in [6.45, 7) is 11.0. The van der Waals surface area contributed by atoms with Gasteiger partial charge in [-0.15, -0.1) is 0 Å². The van der Waals surface area contributed by atoms with Crippen LogP contribution in [0.1, 0.15) is 149 Å². The average Bonchev–Trinajstić information content (AvgIpc) is 2.74. The van der Waals surface area contributed by atoms with Gasteiger partial charge in [0, 0.05) is 12.1 Å². The number of hydrogen-bond acceptors (Lipinski definition) is 1. The SMILES string of the molecule is C=C(C)C(=O)NCC(CCCCCCCCCC)CCCCCCCCCCCC. The Bertz CT molecular complexity index is 390. The molecular formula is C28H55NO. The monoisotopic (exact) mass is 421 g/mol. The molecule has 0 saturated carbocycles. The van der Waals surface area contributed by atoms with Crippen molar-refractivity contribution < 1.29 is 4.79 Å². The molecule has 1 atom stereocenters. The maximum Gasteiger partial charge on any atom is 0.246 e. The minimum absolute atomic E-state index is 0.0268. The molecule has 0 aliphatic carbocycles. The van der Waals surface area contributed by atoms with Crippen LogP contribution in [-0.2, 0) is 4.79 Å². The smallest absolute Gasteiger partial charge is 0.246 e. The van der Waals surface area contributed by atoms with Crippen molar-refractivity contribution in [3.63, 3.8) is 0 Å². The molecule has 0 bridgehead atoms. The van der Waals surface area contributed by atoms with Crippen LogP contribution in [0.15, 0.2) is 12.2 Å². The molecule has 2 nitrogen and oxygen atoms in total. The molecule has 0 aromatic heterocycles. The van der Waals surface area contributed by atoms with E-state index in [0.29, 0.717) is 11.5 Å². The quantitative estimate of drug-likeness (QED) is 0.129. The zero-order valence-corrected chi connectivity index (χ0v) is 21.0. The second kappa shape index (κ2) is 22.9. The van der Waals surface area contributed by atoms with Crippen molar-refractivity contribution in [2.75, 3.05) is 6.54 Å². The van der Waals surface area contributed by atoms with E-state index in [-0.39, 0.29) is 5.91 Å². The van der Waals surface area contributed by atoms with Gasteiger partial charge in [-0.05, 0) is 25.7 Å². The van der Waals surface area contributed by atoms with Crippen LogP contribution in [0.2, 0.25) is 0 Å². The Kier molecular flexibility index (Phi) is 22.3. The van der Waals surface area contributed by atoms with E-state index < -0.39 is 0 Å². The Morgan fingerprint density at radius 3 is 1.30 bits per heavy atom. The topological polar surface area (TPSA) is 29.1 Å². The number of carbonyl (C=O) groups excluding carboxylic acids is 1. The lowest BCUT2D eigenvalue weighted by Crippen LogP contribution is -2.29. The van der Waals surface area contributed by atoms with Crippen LogP contribution in [-0.4, -0.2) is 12.5 Å². The number of rotatable bonds is 23. The van der Waals surface area contributed by atoms with Crippen LogP contribution >= 0.6 is 0 Å². The van der Waals surface area contributed by atoms with Gasteiger partial charge in [0.05, 0.1) is 0 Å². The van der Waals surface area contributed by atoms with E-state index in [1.54, 1.807) is 6.92 Å². The number of amides is 1. The van der Waals surface area contributed by atoms with Crippen LogP contribution in [0.4, 0.5) is 0 Å². The summed E-state index contributed by atoms with van der Waals surface area (Å²) in [7, 11) is 0. The van der Waals surface area contributed by atoms with E-state index in [1.807, 2.05) is 0 Å². The summed E-state index contributed by atoms with van der Waals surface area (Å²) < 4.78 is 0. The summed E-state index contributed by atoms with van der Waals surface area (Å²) in [5, 5.41) is 3.10. The van der Waals surface area contributed by atoms with Crippen molar-refractivity contribution in [3.8, 4) is 0 Å². The first-order chi connectivity index (χ1) is 14.6. The van der Waals surface area contributed by atoms with E-state index in [1.165, 1.54) is 128 Å². The predicted molar refractivity (Wildman–Crippen MR) is 135 cm³/mol. The van der Waals surface area contributed by atoms with Gasteiger partial charge in [-0.3, -0.25) is 4.79 Å². The van der Waals surface area contributed by atoms with E-state index in [9.17, 15) is 4.79 Å². The highest BCUT2D eigenvalue weighted by atomic mass is 16.1. The van der Waals surface area contributed by atoms with Gasteiger partial charge in [-0.1, -0.05) is 136 Å². The zero-order chi connectivity index (χ0) is 22.3. The molecule has 0 aromatic carbocycles. The van der Waals surface area contributed by atoms with Gasteiger partial charge in [0.2, 0.25) is 5.91 Å². The van der Waals surface area contributed by atoms with Gasteiger partial charge >= 0.3 is 0 Å². The van der Waals surface area contributed by atoms with Gasteiger partial charge < -0.3 is 5.32 Å². The Morgan fingerprint density at radius 2 is 0.967 bits per heavy atom. The Balaban J connectivity index is 3.87. The third-order valence-electron chi connectivity index (χ3n) is 6.37. The van der Waals surface area contributed by atoms with Crippen molar-refractivity contribution in [2.24, 2.45) is 5.92 Å². The molecule has 1 N–H and O–H groups in total. The molecule has 0 aromatic rings. The van der Waals surface area contributed by atoms with Crippen LogP contribution in [0.3, 0.4) is 0 Å². The number of carbonyl (C=O) groups is 1. The standard InChI is InChI=1S/C28H55NO/c1-5-7-9-11-13-15-16-18-20-22-24-27(25-29-28(30)26(3)4)23-21-19-17-14-12-10-8-6-2/h27H,3,5-25H2,1-2,4H3,(H,29,30). The van der Waals surface area contributed by atoms with Crippen molar-refractivity contribution in [2.45, 2.75) is 149 Å². The van der Waals surface area contributed by atoms with Crippen LogP contribution in [0.5, 0.6) is 0 Å². The van der Waals surface area contributed by atoms with Crippen LogP contribution in [0, 0.1) is 5.92 Å². The summed E-state index contributed by atoms with van der Waals surface area (Å²) >= 11 is 0. The predicted octanol–water partition coefficient (Wildman–Crippen LogP) is 9.14. The summed E-state index contributed by atoms with van der Waals surface area (Å²) in [5.41, 5.74) is 0.625. The molecule has 0 saturated heterocycles.